The Kier molecular flexibility index (Phi) is 9.59. The number of guanidine groups is 1. The molecule has 0 atom stereocenters. The second-order valence-electron chi connectivity index (χ2n) is 5.77. The molecule has 0 aromatic heterocycles. The van der Waals surface area contributed by atoms with Crippen molar-refractivity contribution in [1.82, 2.24) is 4.90 Å². The third-order valence-corrected chi connectivity index (χ3v) is 4.20. The quantitative estimate of drug-likeness (QED) is 0.262. The smallest absolute Gasteiger partial charge is 0.191 e. The minimum absolute atomic E-state index is 0. The first-order chi connectivity index (χ1) is 9.36. The van der Waals surface area contributed by atoms with Gasteiger partial charge in [-0.25, -0.2) is 0 Å². The summed E-state index contributed by atoms with van der Waals surface area (Å²) in [5.41, 5.74) is 6.01. The van der Waals surface area contributed by atoms with E-state index in [9.17, 15) is 0 Å². The van der Waals surface area contributed by atoms with E-state index in [0.717, 1.165) is 19.7 Å². The van der Waals surface area contributed by atoms with Crippen LogP contribution in [0.5, 0.6) is 0 Å². The highest BCUT2D eigenvalue weighted by atomic mass is 127. The van der Waals surface area contributed by atoms with Crippen molar-refractivity contribution in [3.8, 4) is 0 Å². The molecule has 2 fully saturated rings. The Morgan fingerprint density at radius 2 is 1.60 bits per heavy atom. The first-order valence-corrected chi connectivity index (χ1v) is 8.03. The number of hydrogen-bond donors (Lipinski definition) is 1. The highest BCUT2D eigenvalue weighted by Crippen LogP contribution is 2.19. The van der Waals surface area contributed by atoms with Crippen LogP contribution in [0.4, 0.5) is 0 Å². The van der Waals surface area contributed by atoms with Crippen molar-refractivity contribution >= 4 is 29.9 Å². The molecular weight excluding hydrogens is 365 g/mol. The number of ether oxygens (including phenoxy) is 1. The Morgan fingerprint density at radius 1 is 1.00 bits per heavy atom. The molecule has 0 bridgehead atoms. The van der Waals surface area contributed by atoms with Crippen LogP contribution in [-0.2, 0) is 4.74 Å². The molecule has 2 rings (SSSR count). The van der Waals surface area contributed by atoms with Crippen LogP contribution in [0.2, 0.25) is 0 Å². The van der Waals surface area contributed by atoms with Crippen molar-refractivity contribution in [3.05, 3.63) is 0 Å². The molecule has 1 aliphatic carbocycles. The van der Waals surface area contributed by atoms with Crippen LogP contribution in [0, 0.1) is 0 Å². The van der Waals surface area contributed by atoms with Crippen molar-refractivity contribution in [2.75, 3.05) is 26.2 Å². The number of aliphatic imine (C=N–C) groups is 1. The number of piperidine rings is 1. The summed E-state index contributed by atoms with van der Waals surface area (Å²) in [4.78, 5) is 6.65. The Hall–Kier alpha value is -0.0400. The van der Waals surface area contributed by atoms with Crippen LogP contribution in [0.3, 0.4) is 0 Å². The molecule has 2 N–H and O–H groups in total. The maximum atomic E-state index is 6.01. The van der Waals surface area contributed by atoms with Gasteiger partial charge in [0.15, 0.2) is 5.96 Å². The lowest BCUT2D eigenvalue weighted by Crippen LogP contribution is -2.41. The Balaban J connectivity index is 0.00000200. The number of nitrogens with zero attached hydrogens (tertiary/aromatic N) is 2. The van der Waals surface area contributed by atoms with Gasteiger partial charge in [-0.15, -0.1) is 24.0 Å². The molecule has 0 amide bonds. The van der Waals surface area contributed by atoms with E-state index < -0.39 is 0 Å². The van der Waals surface area contributed by atoms with E-state index >= 15 is 0 Å². The lowest BCUT2D eigenvalue weighted by molar-refractivity contribution is 0.0486. The van der Waals surface area contributed by atoms with Crippen molar-refractivity contribution in [1.29, 1.82) is 0 Å². The highest BCUT2D eigenvalue weighted by molar-refractivity contribution is 14.0. The molecule has 1 saturated carbocycles. The number of rotatable bonds is 4. The van der Waals surface area contributed by atoms with Crippen LogP contribution < -0.4 is 5.73 Å². The fourth-order valence-corrected chi connectivity index (χ4v) is 3.01. The topological polar surface area (TPSA) is 50.9 Å². The molecule has 0 radical (unpaired) electrons. The maximum absolute atomic E-state index is 6.01. The third-order valence-electron chi connectivity index (χ3n) is 4.20. The molecule has 0 aromatic carbocycles. The summed E-state index contributed by atoms with van der Waals surface area (Å²) in [6.45, 7) is 3.57. The zero-order valence-electron chi connectivity index (χ0n) is 12.6. The molecule has 4 nitrogen and oxygen atoms in total. The predicted octanol–water partition coefficient (Wildman–Crippen LogP) is 3.14. The number of halogens is 1. The fraction of sp³-hybridized carbons (Fsp3) is 0.933. The number of likely N-dealkylation sites (tertiary alicyclic amines) is 1. The fourth-order valence-electron chi connectivity index (χ4n) is 3.01. The third kappa shape index (κ3) is 6.61. The highest BCUT2D eigenvalue weighted by Gasteiger charge is 2.13. The van der Waals surface area contributed by atoms with E-state index in [-0.39, 0.29) is 24.0 Å². The Labute approximate surface area is 140 Å². The summed E-state index contributed by atoms with van der Waals surface area (Å²) in [7, 11) is 0. The van der Waals surface area contributed by atoms with E-state index in [1.54, 1.807) is 0 Å². The lowest BCUT2D eigenvalue weighted by atomic mass is 10.1. The lowest BCUT2D eigenvalue weighted by Gasteiger charge is -2.27. The van der Waals surface area contributed by atoms with Crippen molar-refractivity contribution in [3.63, 3.8) is 0 Å². The summed E-state index contributed by atoms with van der Waals surface area (Å²) >= 11 is 0. The molecule has 0 unspecified atom stereocenters. The average Bonchev–Trinajstić information content (AvgIpc) is 2.73. The number of hydrogen-bond acceptors (Lipinski definition) is 2. The first-order valence-electron chi connectivity index (χ1n) is 8.03. The molecule has 0 spiro atoms. The minimum Gasteiger partial charge on any atom is -0.376 e. The van der Waals surface area contributed by atoms with Gasteiger partial charge in [-0.1, -0.05) is 25.7 Å². The standard InChI is InChI=1S/C15H29N3O.HI/c16-15(18-11-6-3-7-12-18)17-10-13-19-14-8-4-1-2-5-9-14;/h14H,1-13H2,(H2,16,17);1H. The van der Waals surface area contributed by atoms with Crippen molar-refractivity contribution < 1.29 is 4.74 Å². The average molecular weight is 395 g/mol. The molecule has 1 heterocycles. The molecule has 1 aliphatic heterocycles. The van der Waals surface area contributed by atoms with Gasteiger partial charge in [-0.3, -0.25) is 4.99 Å². The summed E-state index contributed by atoms with van der Waals surface area (Å²) in [5.74, 6) is 0.712. The maximum Gasteiger partial charge on any atom is 0.191 e. The SMILES string of the molecule is I.NC(=NCCOC1CCCCCC1)N1CCCCC1. The Bertz CT molecular complexity index is 272. The van der Waals surface area contributed by atoms with Gasteiger partial charge < -0.3 is 15.4 Å². The summed E-state index contributed by atoms with van der Waals surface area (Å²) in [5, 5.41) is 0. The first kappa shape index (κ1) is 18.0. The summed E-state index contributed by atoms with van der Waals surface area (Å²) in [6, 6.07) is 0. The monoisotopic (exact) mass is 395 g/mol. The van der Waals surface area contributed by atoms with Gasteiger partial charge in [0.05, 0.1) is 19.3 Å². The molecule has 2 aliphatic rings. The van der Waals surface area contributed by atoms with Crippen LogP contribution in [0.1, 0.15) is 57.8 Å². The van der Waals surface area contributed by atoms with E-state index in [1.807, 2.05) is 0 Å². The van der Waals surface area contributed by atoms with Gasteiger partial charge in [0.2, 0.25) is 0 Å². The van der Waals surface area contributed by atoms with Gasteiger partial charge in [0.1, 0.15) is 0 Å². The van der Waals surface area contributed by atoms with Crippen LogP contribution >= 0.6 is 24.0 Å². The minimum atomic E-state index is 0. The molecule has 118 valence electrons. The largest absolute Gasteiger partial charge is 0.376 e. The van der Waals surface area contributed by atoms with E-state index in [2.05, 4.69) is 9.89 Å². The van der Waals surface area contributed by atoms with E-state index in [4.69, 9.17) is 10.5 Å². The Morgan fingerprint density at radius 3 is 2.25 bits per heavy atom. The zero-order chi connectivity index (χ0) is 13.3. The zero-order valence-corrected chi connectivity index (χ0v) is 14.9. The molecule has 1 saturated heterocycles. The van der Waals surface area contributed by atoms with Crippen LogP contribution in [-0.4, -0.2) is 43.2 Å². The van der Waals surface area contributed by atoms with E-state index in [1.165, 1.54) is 57.8 Å². The normalized spacial score (nSPS) is 22.2. The number of nitrogens with two attached hydrogens (primary N) is 1. The molecule has 20 heavy (non-hydrogen) atoms. The molecule has 5 heteroatoms. The van der Waals surface area contributed by atoms with Gasteiger partial charge in [0, 0.05) is 13.1 Å². The van der Waals surface area contributed by atoms with Gasteiger partial charge in [-0.05, 0) is 32.1 Å². The summed E-state index contributed by atoms with van der Waals surface area (Å²) < 4.78 is 5.92. The van der Waals surface area contributed by atoms with Gasteiger partial charge in [0.25, 0.3) is 0 Å². The second kappa shape index (κ2) is 10.7. The van der Waals surface area contributed by atoms with Gasteiger partial charge in [-0.2, -0.15) is 0 Å². The molecular formula is C15H30IN3O. The van der Waals surface area contributed by atoms with Crippen molar-refractivity contribution in [2.45, 2.75) is 63.9 Å². The summed E-state index contributed by atoms with van der Waals surface area (Å²) in [6.07, 6.45) is 12.1. The molecule has 0 aromatic rings. The van der Waals surface area contributed by atoms with Crippen molar-refractivity contribution in [2.24, 2.45) is 10.7 Å². The van der Waals surface area contributed by atoms with Gasteiger partial charge >= 0.3 is 0 Å². The van der Waals surface area contributed by atoms with Crippen LogP contribution in [0.25, 0.3) is 0 Å². The predicted molar refractivity (Wildman–Crippen MR) is 94.8 cm³/mol. The second-order valence-corrected chi connectivity index (χ2v) is 5.77. The van der Waals surface area contributed by atoms with Crippen LogP contribution in [0.15, 0.2) is 4.99 Å². The van der Waals surface area contributed by atoms with E-state index in [0.29, 0.717) is 18.6 Å².